The Balaban J connectivity index is 4.38. The van der Waals surface area contributed by atoms with Crippen LogP contribution in [0.25, 0.3) is 0 Å². The zero-order valence-electron chi connectivity index (χ0n) is 16.5. The van der Waals surface area contributed by atoms with E-state index in [2.05, 4.69) is 0 Å². The van der Waals surface area contributed by atoms with Crippen LogP contribution in [0.1, 0.15) is 76.6 Å². The Morgan fingerprint density at radius 3 is 2.70 bits per heavy atom. The molecule has 0 amide bonds. The lowest BCUT2D eigenvalue weighted by Gasteiger charge is -2.03. The highest BCUT2D eigenvalue weighted by atomic mass is 16.4. The molecule has 0 radical (unpaired) electrons. The Kier molecular flexibility index (Phi) is 9.05. The van der Waals surface area contributed by atoms with E-state index in [4.69, 9.17) is 10.6 Å². The highest BCUT2D eigenvalue weighted by Crippen LogP contribution is 2.06. The van der Waals surface area contributed by atoms with Gasteiger partial charge in [0.25, 0.3) is 0 Å². The number of hydrogen-bond acceptors (Lipinski definition) is 2. The summed E-state index contributed by atoms with van der Waals surface area (Å²) < 4.78 is 31.2. The molecule has 0 aromatic rings. The summed E-state index contributed by atoms with van der Waals surface area (Å²) in [6, 6.07) is -0.427. The minimum Gasteiger partial charge on any atom is -0.481 e. The lowest BCUT2D eigenvalue weighted by Crippen LogP contribution is -2.00. The van der Waals surface area contributed by atoms with Gasteiger partial charge in [-0.15, -0.1) is 0 Å². The van der Waals surface area contributed by atoms with Gasteiger partial charge in [0, 0.05) is 6.42 Å². The second-order valence-corrected chi connectivity index (χ2v) is 4.82. The van der Waals surface area contributed by atoms with Gasteiger partial charge in [-0.1, -0.05) is 63.3 Å². The van der Waals surface area contributed by atoms with Crippen LogP contribution in [0.3, 0.4) is 0 Å². The maximum atomic E-state index is 10.4. The van der Waals surface area contributed by atoms with Crippen molar-refractivity contribution in [1.29, 1.82) is 0 Å². The summed E-state index contributed by atoms with van der Waals surface area (Å²) >= 11 is 0. The van der Waals surface area contributed by atoms with Gasteiger partial charge in [-0.3, -0.25) is 4.79 Å². The highest BCUT2D eigenvalue weighted by Gasteiger charge is 1.97. The second-order valence-electron chi connectivity index (χ2n) is 4.82. The van der Waals surface area contributed by atoms with Crippen LogP contribution in [-0.2, 0) is 4.79 Å². The van der Waals surface area contributed by atoms with Crippen LogP contribution in [0.4, 0.5) is 0 Å². The van der Waals surface area contributed by atoms with Crippen molar-refractivity contribution < 1.29 is 20.5 Å². The minimum absolute atomic E-state index is 0.0716. The summed E-state index contributed by atoms with van der Waals surface area (Å²) in [5, 5.41) is 18.5. The average molecular weight is 290 g/mol. The molecule has 0 aliphatic heterocycles. The summed E-state index contributed by atoms with van der Waals surface area (Å²) in [5.74, 6) is -0.806. The van der Waals surface area contributed by atoms with Crippen LogP contribution >= 0.6 is 0 Å². The second kappa shape index (κ2) is 14.3. The van der Waals surface area contributed by atoms with E-state index < -0.39 is 12.0 Å². The lowest BCUT2D eigenvalue weighted by atomic mass is 10.1. The van der Waals surface area contributed by atoms with Crippen molar-refractivity contribution in [3.05, 3.63) is 24.2 Å². The Labute approximate surface area is 129 Å². The molecule has 116 valence electrons. The Hall–Kier alpha value is -1.09. The first kappa shape index (κ1) is 12.6. The van der Waals surface area contributed by atoms with Crippen LogP contribution in [0.5, 0.6) is 0 Å². The Morgan fingerprint density at radius 1 is 1.25 bits per heavy atom. The molecule has 0 saturated heterocycles. The van der Waals surface area contributed by atoms with Crippen molar-refractivity contribution in [2.75, 3.05) is 0 Å². The summed E-state index contributed by atoms with van der Waals surface area (Å²) in [6.07, 6.45) is 5.11. The van der Waals surface area contributed by atoms with Crippen LogP contribution in [-0.4, -0.2) is 22.3 Å². The van der Waals surface area contributed by atoms with Gasteiger partial charge >= 0.3 is 5.97 Å². The molecule has 0 rings (SSSR count). The number of carbonyl (C=O) groups is 1. The van der Waals surface area contributed by atoms with Crippen molar-refractivity contribution in [3.8, 4) is 0 Å². The molecule has 20 heavy (non-hydrogen) atoms. The van der Waals surface area contributed by atoms with Crippen LogP contribution in [0.2, 0.25) is 0 Å². The molecule has 0 aromatic heterocycles. The van der Waals surface area contributed by atoms with Gasteiger partial charge in [0.1, 0.15) is 0 Å². The zero-order valence-corrected chi connectivity index (χ0v) is 12.5. The largest absolute Gasteiger partial charge is 0.481 e. The first-order valence-electron chi connectivity index (χ1n) is 9.50. The van der Waals surface area contributed by atoms with Crippen molar-refractivity contribution in [3.63, 3.8) is 0 Å². The van der Waals surface area contributed by atoms with Crippen molar-refractivity contribution >= 4 is 5.97 Å². The number of aliphatic hydroxyl groups is 1. The van der Waals surface area contributed by atoms with Crippen LogP contribution < -0.4 is 0 Å². The van der Waals surface area contributed by atoms with Gasteiger partial charge in [-0.05, 0) is 25.7 Å². The third-order valence-corrected chi connectivity index (χ3v) is 2.87. The molecule has 1 atom stereocenters. The van der Waals surface area contributed by atoms with Gasteiger partial charge < -0.3 is 10.2 Å². The molecule has 2 N–H and O–H groups in total. The van der Waals surface area contributed by atoms with Gasteiger partial charge in [0.2, 0.25) is 0 Å². The molecule has 1 unspecified atom stereocenters. The molecular formula is C17H30O3. The number of carboxylic acids is 1. The minimum atomic E-state index is -2.00. The van der Waals surface area contributed by atoms with Crippen LogP contribution in [0, 0.1) is 0 Å². The first-order valence-corrected chi connectivity index (χ1v) is 7.50. The molecular weight excluding hydrogens is 252 g/mol. The number of carboxylic acid groups (broad SMARTS) is 1. The molecule has 0 aliphatic rings. The Morgan fingerprint density at radius 2 is 2.00 bits per heavy atom. The molecule has 0 spiro atoms. The fourth-order valence-electron chi connectivity index (χ4n) is 1.70. The zero-order chi connectivity index (χ0) is 18.6. The standard InChI is InChI=1S/C17H30O3/c1-2-3-10-13-16(18)14-11-8-6-4-5-7-9-12-15-17(19)20/h6,8,11,14,16,18H,2-5,7,9-10,12-13,15H2,1H3,(H,19,20)/b8-6-,14-11-/i6T,8T,14T,16T. The normalized spacial score (nSPS) is 19.2. The van der Waals surface area contributed by atoms with E-state index in [-0.39, 0.29) is 31.0 Å². The van der Waals surface area contributed by atoms with E-state index >= 15 is 0 Å². The predicted octanol–water partition coefficient (Wildman–Crippen LogP) is 4.47. The molecule has 0 aromatic carbocycles. The molecule has 0 aliphatic carbocycles. The van der Waals surface area contributed by atoms with E-state index in [1.807, 2.05) is 6.92 Å². The monoisotopic (exact) mass is 290 g/mol. The molecule has 0 bridgehead atoms. The quantitative estimate of drug-likeness (QED) is 0.389. The van der Waals surface area contributed by atoms with Crippen molar-refractivity contribution in [2.24, 2.45) is 0 Å². The summed E-state index contributed by atoms with van der Waals surface area (Å²) in [4.78, 5) is 10.4. The van der Waals surface area contributed by atoms with E-state index in [0.717, 1.165) is 31.8 Å². The first-order chi connectivity index (χ1) is 11.2. The van der Waals surface area contributed by atoms with E-state index in [1.54, 1.807) is 0 Å². The SMILES string of the molecule is [3H]/C(=C/C([3H])=C(/[3H])CCCCCCC(=O)O)C([3H])(O)CCCCC. The summed E-state index contributed by atoms with van der Waals surface area (Å²) in [6.45, 7) is 2.01. The van der Waals surface area contributed by atoms with Gasteiger partial charge in [0.15, 0.2) is 0 Å². The fourth-order valence-corrected chi connectivity index (χ4v) is 1.70. The molecule has 3 heteroatoms. The number of rotatable bonds is 13. The average Bonchev–Trinajstić information content (AvgIpc) is 2.50. The number of aliphatic carboxylic acids is 1. The third-order valence-electron chi connectivity index (χ3n) is 2.87. The van der Waals surface area contributed by atoms with E-state index in [1.165, 1.54) is 0 Å². The van der Waals surface area contributed by atoms with Crippen molar-refractivity contribution in [2.45, 2.75) is 77.2 Å². The maximum absolute atomic E-state index is 10.4. The predicted molar refractivity (Wildman–Crippen MR) is 83.8 cm³/mol. The number of unbranched alkanes of at least 4 members (excludes halogenated alkanes) is 5. The number of hydrogen-bond donors (Lipinski definition) is 2. The van der Waals surface area contributed by atoms with Crippen LogP contribution in [0.15, 0.2) is 24.2 Å². The smallest absolute Gasteiger partial charge is 0.303 e. The Bertz CT molecular complexity index is 445. The van der Waals surface area contributed by atoms with Gasteiger partial charge in [-0.2, -0.15) is 0 Å². The highest BCUT2D eigenvalue weighted by molar-refractivity contribution is 5.66. The van der Waals surface area contributed by atoms with Crippen molar-refractivity contribution in [1.82, 2.24) is 0 Å². The molecule has 0 fully saturated rings. The van der Waals surface area contributed by atoms with Gasteiger partial charge in [0.05, 0.1) is 11.6 Å². The summed E-state index contributed by atoms with van der Waals surface area (Å²) in [7, 11) is 0. The topological polar surface area (TPSA) is 57.5 Å². The maximum Gasteiger partial charge on any atom is 0.303 e. The molecule has 0 heterocycles. The van der Waals surface area contributed by atoms with E-state index in [0.29, 0.717) is 25.7 Å². The van der Waals surface area contributed by atoms with E-state index in [9.17, 15) is 9.90 Å². The van der Waals surface area contributed by atoms with Gasteiger partial charge in [-0.25, -0.2) is 0 Å². The number of allylic oxidation sites excluding steroid dienone is 3. The third kappa shape index (κ3) is 15.0. The molecule has 3 nitrogen and oxygen atoms in total. The molecule has 0 saturated carbocycles. The summed E-state index contributed by atoms with van der Waals surface area (Å²) in [5.41, 5.74) is 0. The fraction of sp³-hybridized carbons (Fsp3) is 0.706. The lowest BCUT2D eigenvalue weighted by molar-refractivity contribution is -0.137.